The van der Waals surface area contributed by atoms with Gasteiger partial charge in [-0.1, -0.05) is 72.8 Å². The molecule has 0 spiro atoms. The molecule has 6 N–H and O–H groups in total. The van der Waals surface area contributed by atoms with E-state index in [4.69, 9.17) is 5.73 Å². The van der Waals surface area contributed by atoms with E-state index in [1.54, 1.807) is 42.5 Å². The molecule has 3 aromatic carbocycles. The summed E-state index contributed by atoms with van der Waals surface area (Å²) in [5.74, 6) is -2.41. The van der Waals surface area contributed by atoms with Crippen molar-refractivity contribution in [2.45, 2.75) is 63.8 Å². The van der Waals surface area contributed by atoms with Crippen molar-refractivity contribution in [3.8, 4) is 0 Å². The van der Waals surface area contributed by atoms with Gasteiger partial charge in [0.25, 0.3) is 11.8 Å². The molecule has 45 heavy (non-hydrogen) atoms. The highest BCUT2D eigenvalue weighted by atomic mass is 16.3. The number of aliphatic hydroxyl groups excluding tert-OH is 1. The Hall–Kier alpha value is -5.09. The minimum Gasteiger partial charge on any atom is -0.391 e. The van der Waals surface area contributed by atoms with E-state index in [-0.39, 0.29) is 24.4 Å². The maximum Gasteiger partial charge on any atom is 0.270 e. The predicted octanol–water partition coefficient (Wildman–Crippen LogP) is 3.07. The van der Waals surface area contributed by atoms with Gasteiger partial charge >= 0.3 is 0 Å². The maximum atomic E-state index is 13.6. The molecule has 3 atom stereocenters. The molecule has 0 aliphatic carbocycles. The van der Waals surface area contributed by atoms with Gasteiger partial charge in [-0.05, 0) is 56.5 Å². The number of nitrogens with one attached hydrogen (secondary N) is 3. The molecule has 0 fully saturated rings. The molecule has 0 saturated heterocycles. The van der Waals surface area contributed by atoms with Gasteiger partial charge in [0.15, 0.2) is 0 Å². The van der Waals surface area contributed by atoms with Crippen LogP contribution in [-0.4, -0.2) is 57.4 Å². The largest absolute Gasteiger partial charge is 0.391 e. The highest BCUT2D eigenvalue weighted by molar-refractivity contribution is 5.99. The number of carbonyl (C=O) groups is 4. The van der Waals surface area contributed by atoms with E-state index in [1.165, 1.54) is 6.07 Å². The summed E-state index contributed by atoms with van der Waals surface area (Å²) in [5.41, 5.74) is 7.52. The lowest BCUT2D eigenvalue weighted by atomic mass is 9.93. The van der Waals surface area contributed by atoms with Crippen LogP contribution in [0.5, 0.6) is 0 Å². The van der Waals surface area contributed by atoms with E-state index in [2.05, 4.69) is 20.9 Å². The molecule has 0 aliphatic rings. The second-order valence-electron chi connectivity index (χ2n) is 12.0. The first kappa shape index (κ1) is 32.8. The number of pyridine rings is 1. The Kier molecular flexibility index (Phi) is 10.6. The summed E-state index contributed by atoms with van der Waals surface area (Å²) in [6.45, 7) is 5.64. The van der Waals surface area contributed by atoms with Gasteiger partial charge in [-0.25, -0.2) is 4.98 Å². The van der Waals surface area contributed by atoms with Crippen LogP contribution in [0.3, 0.4) is 0 Å². The molecule has 234 valence electrons. The number of carbonyl (C=O) groups excluding carboxylic acids is 4. The van der Waals surface area contributed by atoms with Crippen LogP contribution in [0.15, 0.2) is 91.0 Å². The first-order chi connectivity index (χ1) is 21.4. The molecule has 0 radical (unpaired) electrons. The van der Waals surface area contributed by atoms with Gasteiger partial charge in [0.05, 0.1) is 24.1 Å². The van der Waals surface area contributed by atoms with Crippen molar-refractivity contribution in [2.75, 3.05) is 0 Å². The van der Waals surface area contributed by atoms with Crippen LogP contribution in [0.25, 0.3) is 10.9 Å². The van der Waals surface area contributed by atoms with Gasteiger partial charge in [0.1, 0.15) is 11.7 Å². The number of amides is 4. The van der Waals surface area contributed by atoms with Crippen LogP contribution in [-0.2, 0) is 22.4 Å². The molecular weight excluding hydrogens is 570 g/mol. The zero-order chi connectivity index (χ0) is 32.6. The maximum absolute atomic E-state index is 13.6. The summed E-state index contributed by atoms with van der Waals surface area (Å²) in [6, 6.07) is 24.7. The number of hydrogen-bond acceptors (Lipinski definition) is 6. The minimum absolute atomic E-state index is 0.0549. The molecule has 1 aromatic heterocycles. The molecule has 10 nitrogen and oxygen atoms in total. The second kappa shape index (κ2) is 14.6. The Morgan fingerprint density at radius 3 is 2.18 bits per heavy atom. The van der Waals surface area contributed by atoms with Crippen molar-refractivity contribution < 1.29 is 24.3 Å². The van der Waals surface area contributed by atoms with Crippen LogP contribution in [0.2, 0.25) is 0 Å². The zero-order valence-corrected chi connectivity index (χ0v) is 25.6. The standard InChI is InChI=1S/C35H39N5O5/c1-35(2,3)40-32(43)25-15-9-7-14-24(25)20-30(41)28(19-22-11-5-4-6-12-22)38-34(45)29(21-31(36)42)39-33(44)27-18-17-23-13-8-10-16-26(23)37-27/h4-18,28-30,41H,19-21H2,1-3H3,(H2,36,42)(H,38,45)(H,39,44)(H,40,43)/t28-,29-,30+/m0/s1. The molecular formula is C35H39N5O5. The number of primary amides is 1. The predicted molar refractivity (Wildman–Crippen MR) is 172 cm³/mol. The van der Waals surface area contributed by atoms with Gasteiger partial charge in [0, 0.05) is 22.9 Å². The molecule has 0 saturated carbocycles. The Morgan fingerprint density at radius 2 is 1.47 bits per heavy atom. The smallest absolute Gasteiger partial charge is 0.270 e. The van der Waals surface area contributed by atoms with E-state index >= 15 is 0 Å². The van der Waals surface area contributed by atoms with E-state index in [1.807, 2.05) is 63.2 Å². The van der Waals surface area contributed by atoms with Crippen molar-refractivity contribution in [1.29, 1.82) is 0 Å². The van der Waals surface area contributed by atoms with Crippen LogP contribution in [0.1, 0.15) is 59.2 Å². The Morgan fingerprint density at radius 1 is 0.800 bits per heavy atom. The van der Waals surface area contributed by atoms with Gasteiger partial charge < -0.3 is 26.8 Å². The molecule has 0 unspecified atom stereocenters. The summed E-state index contributed by atoms with van der Waals surface area (Å²) < 4.78 is 0. The molecule has 10 heteroatoms. The molecule has 1 heterocycles. The zero-order valence-electron chi connectivity index (χ0n) is 25.6. The van der Waals surface area contributed by atoms with Crippen molar-refractivity contribution in [3.63, 3.8) is 0 Å². The number of aromatic nitrogens is 1. The third-order valence-electron chi connectivity index (χ3n) is 7.13. The molecule has 0 aliphatic heterocycles. The number of aliphatic hydroxyl groups is 1. The number of nitrogens with two attached hydrogens (primary N) is 1. The highest BCUT2D eigenvalue weighted by Crippen LogP contribution is 2.17. The number of rotatable bonds is 12. The second-order valence-corrected chi connectivity index (χ2v) is 12.0. The van der Waals surface area contributed by atoms with Crippen molar-refractivity contribution in [2.24, 2.45) is 5.73 Å². The average molecular weight is 610 g/mol. The average Bonchev–Trinajstić information content (AvgIpc) is 2.99. The fraction of sp³-hybridized carbons (Fsp3) is 0.286. The summed E-state index contributed by atoms with van der Waals surface area (Å²) in [4.78, 5) is 56.1. The number of hydrogen-bond donors (Lipinski definition) is 5. The molecule has 4 aromatic rings. The van der Waals surface area contributed by atoms with E-state index in [0.717, 1.165) is 10.9 Å². The van der Waals surface area contributed by atoms with Gasteiger partial charge in [-0.3, -0.25) is 19.2 Å². The monoisotopic (exact) mass is 609 g/mol. The fourth-order valence-corrected chi connectivity index (χ4v) is 4.97. The minimum atomic E-state index is -1.32. The highest BCUT2D eigenvalue weighted by Gasteiger charge is 2.30. The first-order valence-electron chi connectivity index (χ1n) is 14.8. The molecule has 4 rings (SSSR count). The molecule has 0 bridgehead atoms. The number of fused-ring (bicyclic) bond motifs is 1. The van der Waals surface area contributed by atoms with Gasteiger partial charge in [-0.2, -0.15) is 0 Å². The van der Waals surface area contributed by atoms with E-state index in [9.17, 15) is 24.3 Å². The lowest BCUT2D eigenvalue weighted by Gasteiger charge is -2.28. The fourth-order valence-electron chi connectivity index (χ4n) is 4.97. The van der Waals surface area contributed by atoms with Crippen LogP contribution in [0.4, 0.5) is 0 Å². The first-order valence-corrected chi connectivity index (χ1v) is 14.8. The lowest BCUT2D eigenvalue weighted by Crippen LogP contribution is -2.54. The number of benzene rings is 3. The Balaban J connectivity index is 1.56. The van der Waals surface area contributed by atoms with Crippen molar-refractivity contribution in [3.05, 3.63) is 113 Å². The van der Waals surface area contributed by atoms with Crippen molar-refractivity contribution in [1.82, 2.24) is 20.9 Å². The van der Waals surface area contributed by atoms with Gasteiger partial charge in [0.2, 0.25) is 11.8 Å². The normalized spacial score (nSPS) is 13.3. The summed E-state index contributed by atoms with van der Waals surface area (Å²) in [7, 11) is 0. The van der Waals surface area contributed by atoms with Gasteiger partial charge in [-0.15, -0.1) is 0 Å². The topological polar surface area (TPSA) is 164 Å². The van der Waals surface area contributed by atoms with Crippen LogP contribution in [0, 0.1) is 0 Å². The Labute approximate surface area is 262 Å². The SMILES string of the molecule is CC(C)(C)NC(=O)c1ccccc1C[C@@H](O)[C@H](Cc1ccccc1)NC(=O)[C@H](CC(N)=O)NC(=O)c1ccc2ccccc2n1. The number of nitrogens with zero attached hydrogens (tertiary/aromatic N) is 1. The van der Waals surface area contributed by atoms with Crippen LogP contribution >= 0.6 is 0 Å². The summed E-state index contributed by atoms with van der Waals surface area (Å²) in [6.07, 6.45) is -1.30. The van der Waals surface area contributed by atoms with Crippen LogP contribution < -0.4 is 21.7 Å². The quantitative estimate of drug-likeness (QED) is 0.166. The van der Waals surface area contributed by atoms with Crippen molar-refractivity contribution >= 4 is 34.5 Å². The molecule has 4 amide bonds. The third kappa shape index (κ3) is 9.45. The van der Waals surface area contributed by atoms with E-state index in [0.29, 0.717) is 16.6 Å². The van der Waals surface area contributed by atoms with E-state index < -0.39 is 47.9 Å². The third-order valence-corrected chi connectivity index (χ3v) is 7.13. The number of para-hydroxylation sites is 1. The summed E-state index contributed by atoms with van der Waals surface area (Å²) in [5, 5.41) is 20.7. The lowest BCUT2D eigenvalue weighted by molar-refractivity contribution is -0.128. The summed E-state index contributed by atoms with van der Waals surface area (Å²) >= 11 is 0. The Bertz CT molecular complexity index is 1670.